The van der Waals surface area contributed by atoms with Crippen molar-refractivity contribution in [2.75, 3.05) is 20.3 Å². The fourth-order valence-electron chi connectivity index (χ4n) is 3.31. The number of carbonyl (C=O) groups excluding carboxylic acids is 3. The molecule has 172 valence electrons. The van der Waals surface area contributed by atoms with E-state index in [1.165, 1.54) is 11.7 Å². The normalized spacial score (nSPS) is 10.6. The molecule has 0 unspecified atom stereocenters. The zero-order valence-electron chi connectivity index (χ0n) is 17.8. The van der Waals surface area contributed by atoms with E-state index in [9.17, 15) is 19.2 Å². The van der Waals surface area contributed by atoms with Gasteiger partial charge in [0.2, 0.25) is 0 Å². The first-order valence-electron chi connectivity index (χ1n) is 9.72. The lowest BCUT2D eigenvalue weighted by atomic mass is 10.1. The summed E-state index contributed by atoms with van der Waals surface area (Å²) >= 11 is 5.93. The summed E-state index contributed by atoms with van der Waals surface area (Å²) in [5.74, 6) is -2.82. The molecule has 1 aromatic heterocycles. The molecule has 0 aliphatic rings. The van der Waals surface area contributed by atoms with Gasteiger partial charge in [0.05, 0.1) is 19.0 Å². The van der Waals surface area contributed by atoms with Crippen LogP contribution in [0.25, 0.3) is 10.9 Å². The van der Waals surface area contributed by atoms with Gasteiger partial charge >= 0.3 is 17.9 Å². The maximum absolute atomic E-state index is 13.3. The number of aromatic nitrogens is 1. The molecule has 3 aromatic rings. The molecule has 2 aromatic carbocycles. The number of aliphatic carboxylic acids is 1. The molecule has 0 radical (unpaired) electrons. The van der Waals surface area contributed by atoms with Gasteiger partial charge in [-0.05, 0) is 55.0 Å². The van der Waals surface area contributed by atoms with Crippen LogP contribution in [0, 0.1) is 6.92 Å². The summed E-state index contributed by atoms with van der Waals surface area (Å²) in [6.45, 7) is 0.149. The number of benzene rings is 2. The standard InChI is InChI=1S/C23H20ClNO8/c1-13-17(10-21(28)33-12-22(29)32-11-20(26)27)18-9-16(31-2)7-8-19(18)25(13)23(30)14-3-5-15(24)6-4-14/h3-9H,10-12H2,1-2H3,(H,26,27). The summed E-state index contributed by atoms with van der Waals surface area (Å²) in [5.41, 5.74) is 2.01. The predicted octanol–water partition coefficient (Wildman–Crippen LogP) is 3.01. The summed E-state index contributed by atoms with van der Waals surface area (Å²) in [6, 6.07) is 11.6. The van der Waals surface area contributed by atoms with E-state index in [1.807, 2.05) is 0 Å². The van der Waals surface area contributed by atoms with E-state index in [0.29, 0.717) is 38.5 Å². The summed E-state index contributed by atoms with van der Waals surface area (Å²) in [6.07, 6.45) is -0.234. The number of fused-ring (bicyclic) bond motifs is 1. The second-order valence-corrected chi connectivity index (χ2v) is 7.42. The van der Waals surface area contributed by atoms with Crippen LogP contribution in [0.15, 0.2) is 42.5 Å². The number of esters is 2. The molecule has 0 saturated carbocycles. The van der Waals surface area contributed by atoms with Gasteiger partial charge in [0.15, 0.2) is 13.2 Å². The first-order valence-corrected chi connectivity index (χ1v) is 10.1. The molecule has 1 heterocycles. The summed E-state index contributed by atoms with van der Waals surface area (Å²) < 4.78 is 16.1. The molecule has 0 saturated heterocycles. The molecule has 0 amide bonds. The third-order valence-corrected chi connectivity index (χ3v) is 5.12. The third-order valence-electron chi connectivity index (χ3n) is 4.86. The number of halogens is 1. The Balaban J connectivity index is 1.91. The van der Waals surface area contributed by atoms with Gasteiger partial charge in [0.1, 0.15) is 5.75 Å². The molecule has 0 fully saturated rings. The van der Waals surface area contributed by atoms with Gasteiger partial charge in [-0.25, -0.2) is 9.59 Å². The van der Waals surface area contributed by atoms with Crippen LogP contribution < -0.4 is 4.74 Å². The van der Waals surface area contributed by atoms with Crippen molar-refractivity contribution < 1.29 is 38.5 Å². The topological polar surface area (TPSA) is 121 Å². The molecule has 0 atom stereocenters. The molecule has 9 nitrogen and oxygen atoms in total. The Labute approximate surface area is 193 Å². The molecule has 0 spiro atoms. The Kier molecular flexibility index (Phi) is 7.34. The van der Waals surface area contributed by atoms with Gasteiger partial charge < -0.3 is 19.3 Å². The number of carboxylic acid groups (broad SMARTS) is 1. The molecule has 0 aliphatic carbocycles. The van der Waals surface area contributed by atoms with Crippen molar-refractivity contribution in [3.05, 3.63) is 64.3 Å². The van der Waals surface area contributed by atoms with Crippen LogP contribution in [0.1, 0.15) is 21.6 Å². The number of methoxy groups -OCH3 is 1. The lowest BCUT2D eigenvalue weighted by Gasteiger charge is -2.08. The molecule has 1 N–H and O–H groups in total. The van der Waals surface area contributed by atoms with E-state index < -0.39 is 31.1 Å². The minimum absolute atomic E-state index is 0.234. The number of carboxylic acids is 1. The maximum Gasteiger partial charge on any atom is 0.344 e. The average molecular weight is 474 g/mol. The quantitative estimate of drug-likeness (QED) is 0.495. The largest absolute Gasteiger partial charge is 0.497 e. The van der Waals surface area contributed by atoms with Gasteiger partial charge in [-0.3, -0.25) is 14.2 Å². The van der Waals surface area contributed by atoms with E-state index >= 15 is 0 Å². The van der Waals surface area contributed by atoms with E-state index in [1.54, 1.807) is 49.4 Å². The molecular formula is C23H20ClNO8. The number of rotatable bonds is 8. The van der Waals surface area contributed by atoms with Crippen LogP contribution >= 0.6 is 11.6 Å². The highest BCUT2D eigenvalue weighted by molar-refractivity contribution is 6.30. The van der Waals surface area contributed by atoms with E-state index in [0.717, 1.165) is 0 Å². The maximum atomic E-state index is 13.3. The Hall–Kier alpha value is -3.85. The van der Waals surface area contributed by atoms with Crippen LogP contribution in [0.3, 0.4) is 0 Å². The lowest BCUT2D eigenvalue weighted by molar-refractivity contribution is -0.162. The number of carbonyl (C=O) groups is 4. The second-order valence-electron chi connectivity index (χ2n) is 6.99. The number of nitrogens with zero attached hydrogens (tertiary/aromatic N) is 1. The minimum atomic E-state index is -1.32. The number of ether oxygens (including phenoxy) is 3. The molecular weight excluding hydrogens is 454 g/mol. The first-order chi connectivity index (χ1) is 15.7. The van der Waals surface area contributed by atoms with Crippen LogP contribution in [-0.2, 0) is 30.3 Å². The minimum Gasteiger partial charge on any atom is -0.497 e. The van der Waals surface area contributed by atoms with Gasteiger partial charge in [0.25, 0.3) is 5.91 Å². The second kappa shape index (κ2) is 10.2. The van der Waals surface area contributed by atoms with Crippen molar-refractivity contribution in [2.24, 2.45) is 0 Å². The zero-order chi connectivity index (χ0) is 24.1. The monoisotopic (exact) mass is 473 g/mol. The predicted molar refractivity (Wildman–Crippen MR) is 118 cm³/mol. The smallest absolute Gasteiger partial charge is 0.344 e. The van der Waals surface area contributed by atoms with E-state index in [2.05, 4.69) is 4.74 Å². The Morgan fingerprint density at radius 1 is 0.970 bits per heavy atom. The lowest BCUT2D eigenvalue weighted by Crippen LogP contribution is -2.20. The van der Waals surface area contributed by atoms with Crippen molar-refractivity contribution in [2.45, 2.75) is 13.3 Å². The number of hydrogen-bond acceptors (Lipinski definition) is 7. The highest BCUT2D eigenvalue weighted by Gasteiger charge is 2.23. The van der Waals surface area contributed by atoms with Gasteiger partial charge in [-0.15, -0.1) is 0 Å². The van der Waals surface area contributed by atoms with Crippen LogP contribution in [-0.4, -0.2) is 53.8 Å². The highest BCUT2D eigenvalue weighted by Crippen LogP contribution is 2.31. The molecule has 33 heavy (non-hydrogen) atoms. The Bertz CT molecular complexity index is 1230. The first kappa shape index (κ1) is 23.8. The summed E-state index contributed by atoms with van der Waals surface area (Å²) in [4.78, 5) is 47.6. The van der Waals surface area contributed by atoms with Gasteiger partial charge in [0, 0.05) is 21.7 Å². The van der Waals surface area contributed by atoms with Gasteiger partial charge in [-0.2, -0.15) is 0 Å². The number of hydrogen-bond donors (Lipinski definition) is 1. The molecule has 3 rings (SSSR count). The summed E-state index contributed by atoms with van der Waals surface area (Å²) in [7, 11) is 1.50. The highest BCUT2D eigenvalue weighted by atomic mass is 35.5. The van der Waals surface area contributed by atoms with Crippen LogP contribution in [0.5, 0.6) is 5.75 Å². The van der Waals surface area contributed by atoms with Crippen molar-refractivity contribution in [1.29, 1.82) is 0 Å². The fraction of sp³-hybridized carbons (Fsp3) is 0.217. The third kappa shape index (κ3) is 5.50. The summed E-state index contributed by atoms with van der Waals surface area (Å²) in [5, 5.41) is 9.63. The van der Waals surface area contributed by atoms with Crippen molar-refractivity contribution >= 4 is 46.3 Å². The fourth-order valence-corrected chi connectivity index (χ4v) is 3.44. The van der Waals surface area contributed by atoms with Crippen molar-refractivity contribution in [3.8, 4) is 5.75 Å². The zero-order valence-corrected chi connectivity index (χ0v) is 18.5. The molecule has 0 aliphatic heterocycles. The Morgan fingerprint density at radius 3 is 2.27 bits per heavy atom. The van der Waals surface area contributed by atoms with Gasteiger partial charge in [-0.1, -0.05) is 11.6 Å². The Morgan fingerprint density at radius 2 is 1.64 bits per heavy atom. The molecule has 10 heteroatoms. The van der Waals surface area contributed by atoms with Crippen LogP contribution in [0.2, 0.25) is 5.02 Å². The van der Waals surface area contributed by atoms with Crippen molar-refractivity contribution in [1.82, 2.24) is 4.57 Å². The SMILES string of the molecule is COc1ccc2c(c1)c(CC(=O)OCC(=O)OCC(=O)O)c(C)n2C(=O)c1ccc(Cl)cc1. The van der Waals surface area contributed by atoms with Crippen molar-refractivity contribution in [3.63, 3.8) is 0 Å². The molecule has 0 bridgehead atoms. The average Bonchev–Trinajstić information content (AvgIpc) is 3.06. The van der Waals surface area contributed by atoms with Crippen LogP contribution in [0.4, 0.5) is 0 Å². The van der Waals surface area contributed by atoms with E-state index in [-0.39, 0.29) is 12.3 Å². The van der Waals surface area contributed by atoms with E-state index in [4.69, 9.17) is 26.2 Å².